The predicted octanol–water partition coefficient (Wildman–Crippen LogP) is 10.4. The van der Waals surface area contributed by atoms with Crippen LogP contribution >= 0.6 is 23.5 Å². The summed E-state index contributed by atoms with van der Waals surface area (Å²) in [5.41, 5.74) is 7.54. The molecule has 39 heavy (non-hydrogen) atoms. The second-order valence-electron chi connectivity index (χ2n) is 9.72. The van der Waals surface area contributed by atoms with Gasteiger partial charge < -0.3 is 0 Å². The van der Waals surface area contributed by atoms with E-state index in [0.29, 0.717) is 0 Å². The van der Waals surface area contributed by atoms with E-state index in [1.807, 2.05) is 0 Å². The average Bonchev–Trinajstić information content (AvgIpc) is 3.30. The van der Waals surface area contributed by atoms with Crippen molar-refractivity contribution in [2.24, 2.45) is 0 Å². The van der Waals surface area contributed by atoms with E-state index in [0.717, 1.165) is 0 Å². The Hall–Kier alpha value is -3.98. The molecule has 7 rings (SSSR count). The van der Waals surface area contributed by atoms with Crippen LogP contribution in [0.4, 0.5) is 0 Å². The third-order valence-corrected chi connectivity index (χ3v) is 9.52. The van der Waals surface area contributed by atoms with E-state index in [4.69, 9.17) is 0 Å². The molecule has 1 aliphatic carbocycles. The van der Waals surface area contributed by atoms with Gasteiger partial charge in [-0.25, -0.2) is 0 Å². The van der Waals surface area contributed by atoms with Gasteiger partial charge in [-0.1, -0.05) is 133 Å². The maximum absolute atomic E-state index is 2.33. The van der Waals surface area contributed by atoms with E-state index < -0.39 is 0 Å². The summed E-state index contributed by atoms with van der Waals surface area (Å²) in [4.78, 5) is 5.00. The lowest BCUT2D eigenvalue weighted by atomic mass is 9.68. The van der Waals surface area contributed by atoms with Gasteiger partial charge in [0.2, 0.25) is 0 Å². The predicted molar refractivity (Wildman–Crippen MR) is 165 cm³/mol. The number of benzene rings is 6. The SMILES string of the molecule is c1ccc(Sc2ccc(C3(c4ccc(Sc5ccccc5)cc4)c4ccccc4-c4ccccc43)cc2)cc1. The van der Waals surface area contributed by atoms with Gasteiger partial charge in [0.1, 0.15) is 0 Å². The van der Waals surface area contributed by atoms with E-state index in [1.54, 1.807) is 23.5 Å². The van der Waals surface area contributed by atoms with Crippen LogP contribution in [0.3, 0.4) is 0 Å². The van der Waals surface area contributed by atoms with Crippen molar-refractivity contribution in [3.05, 3.63) is 180 Å². The van der Waals surface area contributed by atoms with Gasteiger partial charge >= 0.3 is 0 Å². The molecule has 0 radical (unpaired) electrons. The molecule has 0 aromatic heterocycles. The molecule has 6 aromatic carbocycles. The summed E-state index contributed by atoms with van der Waals surface area (Å²) in [7, 11) is 0. The molecule has 0 fully saturated rings. The largest absolute Gasteiger partial charge is 0.0901 e. The van der Waals surface area contributed by atoms with Crippen LogP contribution in [0.1, 0.15) is 22.3 Å². The van der Waals surface area contributed by atoms with E-state index in [1.165, 1.54) is 53.0 Å². The third kappa shape index (κ3) is 4.30. The molecule has 0 amide bonds. The molecule has 0 nitrogen and oxygen atoms in total. The Labute approximate surface area is 238 Å². The van der Waals surface area contributed by atoms with Crippen molar-refractivity contribution >= 4 is 23.5 Å². The fraction of sp³-hybridized carbons (Fsp3) is 0.0270. The highest BCUT2D eigenvalue weighted by Crippen LogP contribution is 2.56. The Bertz CT molecular complexity index is 1590. The van der Waals surface area contributed by atoms with Crippen LogP contribution in [0.25, 0.3) is 11.1 Å². The second-order valence-corrected chi connectivity index (χ2v) is 12.0. The van der Waals surface area contributed by atoms with E-state index in [2.05, 4.69) is 158 Å². The number of fused-ring (bicyclic) bond motifs is 3. The summed E-state index contributed by atoms with van der Waals surface area (Å²) in [5, 5.41) is 0. The first kappa shape index (κ1) is 24.1. The number of hydrogen-bond acceptors (Lipinski definition) is 2. The fourth-order valence-electron chi connectivity index (χ4n) is 5.82. The van der Waals surface area contributed by atoms with Crippen LogP contribution in [0, 0.1) is 0 Å². The van der Waals surface area contributed by atoms with Gasteiger partial charge in [0, 0.05) is 19.6 Å². The van der Waals surface area contributed by atoms with Crippen LogP contribution in [0.5, 0.6) is 0 Å². The zero-order chi connectivity index (χ0) is 26.1. The summed E-state index contributed by atoms with van der Waals surface area (Å²) in [6, 6.07) is 57.4. The van der Waals surface area contributed by atoms with Crippen molar-refractivity contribution in [1.82, 2.24) is 0 Å². The summed E-state index contributed by atoms with van der Waals surface area (Å²) in [5.74, 6) is 0. The normalized spacial score (nSPS) is 13.0. The Balaban J connectivity index is 1.37. The van der Waals surface area contributed by atoms with Crippen LogP contribution in [-0.4, -0.2) is 0 Å². The highest BCUT2D eigenvalue weighted by Gasteiger charge is 2.45. The van der Waals surface area contributed by atoms with Gasteiger partial charge in [-0.3, -0.25) is 0 Å². The lowest BCUT2D eigenvalue weighted by Gasteiger charge is -2.34. The van der Waals surface area contributed by atoms with Gasteiger partial charge in [0.05, 0.1) is 5.41 Å². The molecule has 1 aliphatic rings. The van der Waals surface area contributed by atoms with E-state index in [-0.39, 0.29) is 5.41 Å². The zero-order valence-corrected chi connectivity index (χ0v) is 23.0. The first-order valence-corrected chi connectivity index (χ1v) is 14.8. The molecule has 0 saturated heterocycles. The topological polar surface area (TPSA) is 0 Å². The molecule has 0 atom stereocenters. The van der Waals surface area contributed by atoms with Gasteiger partial charge in [-0.2, -0.15) is 0 Å². The number of hydrogen-bond donors (Lipinski definition) is 0. The van der Waals surface area contributed by atoms with Crippen molar-refractivity contribution in [3.63, 3.8) is 0 Å². The highest BCUT2D eigenvalue weighted by atomic mass is 32.2. The molecule has 0 unspecified atom stereocenters. The summed E-state index contributed by atoms with van der Waals surface area (Å²) >= 11 is 3.61. The minimum Gasteiger partial charge on any atom is -0.0901 e. The second kappa shape index (κ2) is 10.3. The Morgan fingerprint density at radius 2 is 0.641 bits per heavy atom. The van der Waals surface area contributed by atoms with E-state index in [9.17, 15) is 0 Å². The van der Waals surface area contributed by atoms with Gasteiger partial charge in [0.25, 0.3) is 0 Å². The average molecular weight is 535 g/mol. The fourth-order valence-corrected chi connectivity index (χ4v) is 7.49. The van der Waals surface area contributed by atoms with Crippen molar-refractivity contribution in [2.75, 3.05) is 0 Å². The Morgan fingerprint density at radius 3 is 1.05 bits per heavy atom. The smallest absolute Gasteiger partial charge is 0.0713 e. The first-order valence-electron chi connectivity index (χ1n) is 13.2. The molecule has 0 aliphatic heterocycles. The van der Waals surface area contributed by atoms with Crippen molar-refractivity contribution in [3.8, 4) is 11.1 Å². The van der Waals surface area contributed by atoms with Crippen LogP contribution < -0.4 is 0 Å². The molecule has 0 N–H and O–H groups in total. The van der Waals surface area contributed by atoms with Crippen molar-refractivity contribution in [2.45, 2.75) is 25.0 Å². The Kier molecular flexibility index (Phi) is 6.36. The summed E-state index contributed by atoms with van der Waals surface area (Å²) in [6.07, 6.45) is 0. The maximum atomic E-state index is 2.33. The van der Waals surface area contributed by atoms with Crippen LogP contribution in [0.15, 0.2) is 177 Å². The first-order chi connectivity index (χ1) is 19.3. The molecule has 186 valence electrons. The lowest BCUT2D eigenvalue weighted by molar-refractivity contribution is 0.766. The molecule has 0 saturated carbocycles. The zero-order valence-electron chi connectivity index (χ0n) is 21.3. The lowest BCUT2D eigenvalue weighted by Crippen LogP contribution is -2.28. The highest BCUT2D eigenvalue weighted by molar-refractivity contribution is 7.99. The monoisotopic (exact) mass is 534 g/mol. The maximum Gasteiger partial charge on any atom is 0.0713 e. The van der Waals surface area contributed by atoms with Crippen molar-refractivity contribution < 1.29 is 0 Å². The summed E-state index contributed by atoms with van der Waals surface area (Å²) in [6.45, 7) is 0. The van der Waals surface area contributed by atoms with Gasteiger partial charge in [-0.15, -0.1) is 0 Å². The molecular formula is C37H26S2. The minimum atomic E-state index is -0.376. The minimum absolute atomic E-state index is 0.376. The van der Waals surface area contributed by atoms with Crippen LogP contribution in [0.2, 0.25) is 0 Å². The third-order valence-electron chi connectivity index (χ3n) is 7.48. The summed E-state index contributed by atoms with van der Waals surface area (Å²) < 4.78 is 0. The Morgan fingerprint density at radius 1 is 0.308 bits per heavy atom. The number of rotatable bonds is 6. The standard InChI is InChI=1S/C37H26S2/c1-3-11-29(12-4-1)38-31-23-19-27(20-24-31)37(28-21-25-32(26-22-28)39-30-13-5-2-6-14-30)35-17-9-7-15-33(35)34-16-8-10-18-36(34)37/h1-26H. The molecule has 2 heteroatoms. The molecule has 0 bridgehead atoms. The van der Waals surface area contributed by atoms with Gasteiger partial charge in [0.15, 0.2) is 0 Å². The van der Waals surface area contributed by atoms with Crippen molar-refractivity contribution in [1.29, 1.82) is 0 Å². The molecule has 0 spiro atoms. The quantitative estimate of drug-likeness (QED) is 0.208. The van der Waals surface area contributed by atoms with Gasteiger partial charge in [-0.05, 0) is 81.9 Å². The van der Waals surface area contributed by atoms with E-state index >= 15 is 0 Å². The molecule has 0 heterocycles. The molecule has 6 aromatic rings. The van der Waals surface area contributed by atoms with Crippen LogP contribution in [-0.2, 0) is 5.41 Å². The molecular weight excluding hydrogens is 509 g/mol.